The molecule has 1 fully saturated rings. The Labute approximate surface area is 158 Å². The number of ether oxygens (including phenoxy) is 2. The lowest BCUT2D eigenvalue weighted by atomic mass is 10.2. The second-order valence-corrected chi connectivity index (χ2v) is 7.34. The Morgan fingerprint density at radius 3 is 2.54 bits per heavy atom. The maximum Gasteiger partial charge on any atom is 0.388 e. The molecule has 2 aromatic rings. The van der Waals surface area contributed by atoms with Gasteiger partial charge in [0.05, 0.1) is 18.8 Å². The van der Waals surface area contributed by atoms with E-state index >= 15 is 0 Å². The van der Waals surface area contributed by atoms with E-state index in [4.69, 9.17) is 14.3 Å². The fraction of sp³-hybridized carbons (Fsp3) is 0.333. The van der Waals surface area contributed by atoms with E-state index in [-0.39, 0.29) is 24.6 Å². The van der Waals surface area contributed by atoms with Crippen LogP contribution in [0.15, 0.2) is 34.0 Å². The van der Waals surface area contributed by atoms with Gasteiger partial charge in [-0.25, -0.2) is 27.5 Å². The van der Waals surface area contributed by atoms with Gasteiger partial charge in [-0.15, -0.1) is 14.5 Å². The van der Waals surface area contributed by atoms with Crippen LogP contribution >= 0.6 is 0 Å². The molecule has 1 aliphatic rings. The van der Waals surface area contributed by atoms with E-state index < -0.39 is 38.7 Å². The number of amides is 1. The molecule has 1 amide bonds. The summed E-state index contributed by atoms with van der Waals surface area (Å²) in [4.78, 5) is 40.8. The molecule has 3 rings (SSSR count). The van der Waals surface area contributed by atoms with Crippen molar-refractivity contribution in [2.75, 3.05) is 20.3 Å². The zero-order chi connectivity index (χ0) is 20.5. The highest BCUT2D eigenvalue weighted by atomic mass is 32.2. The number of nitrogens with zero attached hydrogens (tertiary/aromatic N) is 3. The van der Waals surface area contributed by atoms with Crippen molar-refractivity contribution in [2.45, 2.75) is 17.9 Å². The van der Waals surface area contributed by atoms with Crippen molar-refractivity contribution in [3.63, 3.8) is 0 Å². The van der Waals surface area contributed by atoms with Gasteiger partial charge in [0.1, 0.15) is 18.1 Å². The van der Waals surface area contributed by atoms with Crippen LogP contribution in [0, 0.1) is 6.92 Å². The van der Waals surface area contributed by atoms with Gasteiger partial charge in [-0.3, -0.25) is 0 Å². The summed E-state index contributed by atoms with van der Waals surface area (Å²) in [7, 11) is -3.33. The molecule has 1 aliphatic heterocycles. The number of rotatable bonds is 5. The Balaban J connectivity index is 1.88. The molecule has 1 N–H and O–H groups in total. The molecule has 1 aromatic heterocycles. The molecule has 0 bridgehead atoms. The maximum absolute atomic E-state index is 12.6. The molecule has 0 spiro atoms. The van der Waals surface area contributed by atoms with E-state index in [1.165, 1.54) is 32.2 Å². The first-order chi connectivity index (χ1) is 13.2. The number of aryl methyl sites for hydroxylation is 1. The van der Waals surface area contributed by atoms with E-state index in [2.05, 4.69) is 5.10 Å². The molecule has 13 heteroatoms. The summed E-state index contributed by atoms with van der Waals surface area (Å²) in [6.45, 7) is 1.84. The summed E-state index contributed by atoms with van der Waals surface area (Å²) in [5.41, 5.74) is -1.26. The first kappa shape index (κ1) is 19.6. The summed E-state index contributed by atoms with van der Waals surface area (Å²) in [6.07, 6.45) is -0.461. The predicted octanol–water partition coefficient (Wildman–Crippen LogP) is -1.09. The van der Waals surface area contributed by atoms with Gasteiger partial charge < -0.3 is 14.3 Å². The van der Waals surface area contributed by atoms with Crippen LogP contribution in [0.3, 0.4) is 0 Å². The van der Waals surface area contributed by atoms with E-state index in [9.17, 15) is 22.8 Å². The minimum atomic E-state index is -4.52. The highest BCUT2D eigenvalue weighted by Gasteiger charge is 2.30. The highest BCUT2D eigenvalue weighted by Crippen LogP contribution is 2.18. The summed E-state index contributed by atoms with van der Waals surface area (Å²) in [5.74, 6) is -0.842. The van der Waals surface area contributed by atoms with Crippen molar-refractivity contribution in [2.24, 2.45) is 0 Å². The van der Waals surface area contributed by atoms with Gasteiger partial charge >= 0.3 is 17.7 Å². The topological polar surface area (TPSA) is 148 Å². The van der Waals surface area contributed by atoms with Gasteiger partial charge in [0.2, 0.25) is 0 Å². The highest BCUT2D eigenvalue weighted by molar-refractivity contribution is 7.90. The number of sulfonamides is 1. The number of carbonyl (C=O) groups excluding carboxylic acids is 2. The largest absolute Gasteiger partial charge is 0.454 e. The lowest BCUT2D eigenvalue weighted by molar-refractivity contribution is -0.103. The van der Waals surface area contributed by atoms with E-state index in [1.54, 1.807) is 4.72 Å². The quantitative estimate of drug-likeness (QED) is 0.605. The van der Waals surface area contributed by atoms with Gasteiger partial charge in [0.25, 0.3) is 10.0 Å². The van der Waals surface area contributed by atoms with Crippen LogP contribution in [0.1, 0.15) is 16.2 Å². The molecule has 150 valence electrons. The SMILES string of the molecule is COn1c(C)nn(C(=O)NS(=O)(=O)c2ccccc2C(=O)OC2COC2)c1=O. The first-order valence-electron chi connectivity index (χ1n) is 7.92. The summed E-state index contributed by atoms with van der Waals surface area (Å²) in [5, 5.41) is 3.63. The Kier molecular flexibility index (Phi) is 5.20. The van der Waals surface area contributed by atoms with Gasteiger partial charge in [0.15, 0.2) is 5.82 Å². The molecular formula is C15H16N4O8S. The average molecular weight is 412 g/mol. The minimum absolute atomic E-state index is 0.0340. The number of nitrogens with one attached hydrogen (secondary N) is 1. The number of hydrogen-bond donors (Lipinski definition) is 1. The molecule has 1 saturated heterocycles. The maximum atomic E-state index is 12.6. The normalized spacial score (nSPS) is 14.2. The van der Waals surface area contributed by atoms with Crippen LogP contribution in [0.25, 0.3) is 0 Å². The van der Waals surface area contributed by atoms with Crippen molar-refractivity contribution < 1.29 is 32.3 Å². The van der Waals surface area contributed by atoms with Gasteiger partial charge in [-0.05, 0) is 19.1 Å². The Hall–Kier alpha value is -3.19. The van der Waals surface area contributed by atoms with Crippen LogP contribution in [0.4, 0.5) is 4.79 Å². The Bertz CT molecular complexity index is 1080. The molecule has 12 nitrogen and oxygen atoms in total. The third kappa shape index (κ3) is 3.61. The van der Waals surface area contributed by atoms with Gasteiger partial charge in [-0.1, -0.05) is 12.1 Å². The number of hydrogen-bond acceptors (Lipinski definition) is 9. The third-order valence-corrected chi connectivity index (χ3v) is 5.15. The summed E-state index contributed by atoms with van der Waals surface area (Å²) in [6, 6.07) is 3.86. The van der Waals surface area contributed by atoms with Crippen molar-refractivity contribution in [3.8, 4) is 0 Å². The number of aromatic nitrogens is 3. The summed E-state index contributed by atoms with van der Waals surface area (Å²) >= 11 is 0. The third-order valence-electron chi connectivity index (χ3n) is 3.77. The fourth-order valence-electron chi connectivity index (χ4n) is 2.37. The van der Waals surface area contributed by atoms with Crippen molar-refractivity contribution >= 4 is 22.0 Å². The molecule has 0 unspecified atom stereocenters. The minimum Gasteiger partial charge on any atom is -0.454 e. The lowest BCUT2D eigenvalue weighted by Crippen LogP contribution is -2.42. The summed E-state index contributed by atoms with van der Waals surface area (Å²) < 4.78 is 38.0. The smallest absolute Gasteiger partial charge is 0.388 e. The molecular weight excluding hydrogens is 396 g/mol. The standard InChI is InChI=1S/C15H16N4O8S/c1-9-16-18(15(22)19(9)25-2)14(21)17-28(23,24)12-6-4-3-5-11(12)13(20)27-10-7-26-8-10/h3-6,10H,7-8H2,1-2H3,(H,17,21). The predicted molar refractivity (Wildman–Crippen MR) is 91.3 cm³/mol. The molecule has 0 aliphatic carbocycles. The van der Waals surface area contributed by atoms with Crippen LogP contribution in [-0.4, -0.2) is 61.4 Å². The fourth-order valence-corrected chi connectivity index (χ4v) is 3.50. The molecule has 28 heavy (non-hydrogen) atoms. The van der Waals surface area contributed by atoms with Crippen molar-refractivity contribution in [1.29, 1.82) is 0 Å². The van der Waals surface area contributed by atoms with Crippen molar-refractivity contribution in [1.82, 2.24) is 19.2 Å². The van der Waals surface area contributed by atoms with E-state index in [0.717, 1.165) is 6.07 Å². The molecule has 0 saturated carbocycles. The second-order valence-electron chi connectivity index (χ2n) is 5.69. The second kappa shape index (κ2) is 7.44. The number of esters is 1. The van der Waals surface area contributed by atoms with Crippen molar-refractivity contribution in [3.05, 3.63) is 46.1 Å². The molecule has 2 heterocycles. The van der Waals surface area contributed by atoms with E-state index in [0.29, 0.717) is 9.41 Å². The van der Waals surface area contributed by atoms with Crippen LogP contribution in [0.5, 0.6) is 0 Å². The van der Waals surface area contributed by atoms with Crippen LogP contribution in [-0.2, 0) is 19.5 Å². The van der Waals surface area contributed by atoms with Gasteiger partial charge in [0, 0.05) is 0 Å². The zero-order valence-electron chi connectivity index (χ0n) is 14.8. The number of carbonyl (C=O) groups is 2. The lowest BCUT2D eigenvalue weighted by Gasteiger charge is -2.25. The molecule has 1 aromatic carbocycles. The number of benzene rings is 1. The monoisotopic (exact) mass is 412 g/mol. The Morgan fingerprint density at radius 2 is 1.96 bits per heavy atom. The average Bonchev–Trinajstić information content (AvgIpc) is 2.91. The molecule has 0 atom stereocenters. The zero-order valence-corrected chi connectivity index (χ0v) is 15.6. The van der Waals surface area contributed by atoms with Gasteiger partial charge in [-0.2, -0.15) is 0 Å². The van der Waals surface area contributed by atoms with Crippen LogP contribution in [0.2, 0.25) is 0 Å². The van der Waals surface area contributed by atoms with E-state index in [1.807, 2.05) is 0 Å². The van der Waals surface area contributed by atoms with Crippen LogP contribution < -0.4 is 15.2 Å². The molecule has 0 radical (unpaired) electrons. The Morgan fingerprint density at radius 1 is 1.29 bits per heavy atom. The first-order valence-corrected chi connectivity index (χ1v) is 9.41.